The second-order valence-corrected chi connectivity index (χ2v) is 11.1. The molecule has 1 fully saturated rings. The molecule has 1 saturated heterocycles. The minimum Gasteiger partial charge on any atom is -0.488 e. The summed E-state index contributed by atoms with van der Waals surface area (Å²) < 4.78 is 26.4. The van der Waals surface area contributed by atoms with Gasteiger partial charge in [-0.2, -0.15) is 10.2 Å². The van der Waals surface area contributed by atoms with Gasteiger partial charge in [-0.1, -0.05) is 0 Å². The van der Waals surface area contributed by atoms with Crippen LogP contribution in [0, 0.1) is 5.82 Å². The van der Waals surface area contributed by atoms with Crippen molar-refractivity contribution in [2.24, 2.45) is 15.9 Å². The molecule has 0 spiro atoms. The number of ether oxygens (including phenoxy) is 2. The molecule has 1 aliphatic rings. The monoisotopic (exact) mass is 553 g/mol. The van der Waals surface area contributed by atoms with E-state index in [4.69, 9.17) is 20.3 Å². The van der Waals surface area contributed by atoms with Crippen LogP contribution in [0.5, 0.6) is 5.75 Å². The molecule has 40 heavy (non-hydrogen) atoms. The van der Waals surface area contributed by atoms with E-state index in [0.29, 0.717) is 54.2 Å². The zero-order valence-electron chi connectivity index (χ0n) is 23.5. The number of halogens is 1. The molecule has 3 aromatic heterocycles. The highest BCUT2D eigenvalue weighted by molar-refractivity contribution is 6.47. The van der Waals surface area contributed by atoms with Crippen LogP contribution in [-0.2, 0) is 10.3 Å². The lowest BCUT2D eigenvalue weighted by Gasteiger charge is -2.32. The van der Waals surface area contributed by atoms with Crippen molar-refractivity contribution in [3.63, 3.8) is 0 Å². The number of fused-ring (bicyclic) bond motifs is 1. The maximum Gasteiger partial charge on any atom is 0.410 e. The molecule has 12 heteroatoms. The van der Waals surface area contributed by atoms with E-state index in [2.05, 4.69) is 15.2 Å². The Bertz CT molecular complexity index is 1400. The predicted octanol–water partition coefficient (Wildman–Crippen LogP) is 3.68. The third kappa shape index (κ3) is 6.92. The Morgan fingerprint density at radius 3 is 2.58 bits per heavy atom. The number of aliphatic hydroxyl groups is 1. The van der Waals surface area contributed by atoms with Crippen LogP contribution in [0.4, 0.5) is 9.18 Å². The molecule has 11 nitrogen and oxygen atoms in total. The number of carbonyl (C=O) groups excluding carboxylic acids is 1. The Morgan fingerprint density at radius 1 is 1.23 bits per heavy atom. The van der Waals surface area contributed by atoms with Gasteiger partial charge >= 0.3 is 6.09 Å². The molecule has 3 aromatic rings. The zero-order valence-corrected chi connectivity index (χ0v) is 23.5. The van der Waals surface area contributed by atoms with Gasteiger partial charge in [-0.05, 0) is 71.7 Å². The van der Waals surface area contributed by atoms with Crippen molar-refractivity contribution in [3.05, 3.63) is 59.9 Å². The molecular weight excluding hydrogens is 517 g/mol. The summed E-state index contributed by atoms with van der Waals surface area (Å²) in [5, 5.41) is 19.3. The van der Waals surface area contributed by atoms with Crippen LogP contribution in [0.15, 0.2) is 52.9 Å². The summed E-state index contributed by atoms with van der Waals surface area (Å²) in [4.78, 5) is 22.9. The molecule has 1 amide bonds. The Balaban J connectivity index is 1.49. The topological polar surface area (TPSA) is 140 Å². The third-order valence-electron chi connectivity index (χ3n) is 6.50. The smallest absolute Gasteiger partial charge is 0.410 e. The predicted molar refractivity (Wildman–Crippen MR) is 149 cm³/mol. The van der Waals surface area contributed by atoms with E-state index in [0.717, 1.165) is 6.20 Å². The van der Waals surface area contributed by atoms with Gasteiger partial charge in [0.1, 0.15) is 40.6 Å². The third-order valence-corrected chi connectivity index (χ3v) is 6.50. The maximum atomic E-state index is 13.3. The van der Waals surface area contributed by atoms with E-state index >= 15 is 0 Å². The number of hydrazone groups is 1. The number of nitrogens with two attached hydrogens (primary N) is 1. The molecule has 0 bridgehead atoms. The average Bonchev–Trinajstić information content (AvgIpc) is 3.36. The minimum atomic E-state index is -1.48. The van der Waals surface area contributed by atoms with Gasteiger partial charge in [0.2, 0.25) is 0 Å². The number of hydrogen-bond donors (Lipinski definition) is 2. The van der Waals surface area contributed by atoms with E-state index in [1.165, 1.54) is 12.1 Å². The standard InChI is InChI=1S/C28H36FN7O4/c1-18(33-21-9-12-35(13-10-21)26(37)40-27(2,3)4)25(34-30)19-14-23(22-8-11-32-36(22)16-19)39-17-28(5,38)24-7-6-20(29)15-31-24/h6-8,11,14-16,21,38H,9-10,12-13,17,30H2,1-5H3/b33-18?,34-25+. The molecule has 0 saturated carbocycles. The summed E-state index contributed by atoms with van der Waals surface area (Å²) in [5.74, 6) is 5.77. The van der Waals surface area contributed by atoms with Crippen molar-refractivity contribution in [1.82, 2.24) is 19.5 Å². The number of aliphatic imine (C=N–C) groups is 1. The highest BCUT2D eigenvalue weighted by atomic mass is 19.1. The van der Waals surface area contributed by atoms with Crippen LogP contribution in [0.3, 0.4) is 0 Å². The van der Waals surface area contributed by atoms with E-state index in [1.54, 1.807) is 40.9 Å². The van der Waals surface area contributed by atoms with E-state index in [1.807, 2.05) is 27.7 Å². The number of amides is 1. The number of hydrogen-bond acceptors (Lipinski definition) is 9. The highest BCUT2D eigenvalue weighted by Crippen LogP contribution is 2.26. The molecule has 1 aliphatic heterocycles. The SMILES string of the molecule is CC(=NC1CCN(C(=O)OC(C)(C)C)CC1)/C(=N\N)c1cc(OCC(C)(O)c2ccc(F)cn2)c2ccnn2c1. The molecule has 1 atom stereocenters. The first-order chi connectivity index (χ1) is 18.9. The lowest BCUT2D eigenvalue weighted by atomic mass is 10.0. The first kappa shape index (κ1) is 28.9. The Kier molecular flexibility index (Phi) is 8.38. The number of rotatable bonds is 7. The average molecular weight is 554 g/mol. The van der Waals surface area contributed by atoms with Crippen LogP contribution in [0.25, 0.3) is 5.52 Å². The molecule has 1 unspecified atom stereocenters. The number of nitrogens with zero attached hydrogens (tertiary/aromatic N) is 6. The molecular formula is C28H36FN7O4. The zero-order chi connectivity index (χ0) is 29.1. The van der Waals surface area contributed by atoms with Gasteiger partial charge in [0.05, 0.1) is 29.8 Å². The quantitative estimate of drug-likeness (QED) is 0.258. The summed E-state index contributed by atoms with van der Waals surface area (Å²) in [6.45, 7) is 9.88. The number of aromatic nitrogens is 3. The largest absolute Gasteiger partial charge is 0.488 e. The van der Waals surface area contributed by atoms with Gasteiger partial charge in [-0.15, -0.1) is 0 Å². The second kappa shape index (κ2) is 11.6. The maximum absolute atomic E-state index is 13.3. The first-order valence-electron chi connectivity index (χ1n) is 13.1. The minimum absolute atomic E-state index is 0.00195. The van der Waals surface area contributed by atoms with Crippen LogP contribution in [-0.4, -0.2) is 73.5 Å². The second-order valence-electron chi connectivity index (χ2n) is 11.1. The van der Waals surface area contributed by atoms with E-state index < -0.39 is 17.0 Å². The first-order valence-corrected chi connectivity index (χ1v) is 13.1. The molecule has 4 rings (SSSR count). The molecule has 4 heterocycles. The van der Waals surface area contributed by atoms with Gasteiger partial charge in [-0.3, -0.25) is 9.98 Å². The van der Waals surface area contributed by atoms with Gasteiger partial charge < -0.3 is 25.3 Å². The number of pyridine rings is 2. The fraction of sp³-hybridized carbons (Fsp3) is 0.464. The van der Waals surface area contributed by atoms with Gasteiger partial charge in [0.15, 0.2) is 0 Å². The van der Waals surface area contributed by atoms with Crippen molar-refractivity contribution in [3.8, 4) is 5.75 Å². The van der Waals surface area contributed by atoms with Gasteiger partial charge in [-0.25, -0.2) is 13.7 Å². The van der Waals surface area contributed by atoms with Gasteiger partial charge in [0, 0.05) is 24.8 Å². The fourth-order valence-electron chi connectivity index (χ4n) is 4.44. The van der Waals surface area contributed by atoms with Crippen molar-refractivity contribution in [1.29, 1.82) is 0 Å². The van der Waals surface area contributed by atoms with Crippen molar-refractivity contribution in [2.75, 3.05) is 19.7 Å². The Labute approximate surface area is 232 Å². The molecule has 3 N–H and O–H groups in total. The number of likely N-dealkylation sites (tertiary alicyclic amines) is 1. The lowest BCUT2D eigenvalue weighted by molar-refractivity contribution is 0.00417. The summed E-state index contributed by atoms with van der Waals surface area (Å²) >= 11 is 0. The van der Waals surface area contributed by atoms with Crippen LogP contribution < -0.4 is 10.6 Å². The Hall–Kier alpha value is -4.06. The molecule has 0 aliphatic carbocycles. The van der Waals surface area contributed by atoms with Crippen molar-refractivity contribution in [2.45, 2.75) is 64.7 Å². The van der Waals surface area contributed by atoms with E-state index in [9.17, 15) is 14.3 Å². The number of piperidine rings is 1. The lowest BCUT2D eigenvalue weighted by Crippen LogP contribution is -2.42. The van der Waals surface area contributed by atoms with Gasteiger partial charge in [0.25, 0.3) is 0 Å². The highest BCUT2D eigenvalue weighted by Gasteiger charge is 2.28. The molecule has 0 radical (unpaired) electrons. The van der Waals surface area contributed by atoms with E-state index in [-0.39, 0.29) is 24.4 Å². The van der Waals surface area contributed by atoms with Crippen LogP contribution in [0.1, 0.15) is 58.7 Å². The molecule has 0 aromatic carbocycles. The number of carbonyl (C=O) groups is 1. The fourth-order valence-corrected chi connectivity index (χ4v) is 4.44. The Morgan fingerprint density at radius 2 is 1.95 bits per heavy atom. The van der Waals surface area contributed by atoms with Crippen LogP contribution in [0.2, 0.25) is 0 Å². The summed E-state index contributed by atoms with van der Waals surface area (Å²) in [7, 11) is 0. The summed E-state index contributed by atoms with van der Waals surface area (Å²) in [5.41, 5.74) is 0.659. The molecule has 214 valence electrons. The van der Waals surface area contributed by atoms with Crippen LogP contribution >= 0.6 is 0 Å². The normalized spacial score (nSPS) is 17.1. The summed E-state index contributed by atoms with van der Waals surface area (Å²) in [6, 6.07) is 6.20. The van der Waals surface area contributed by atoms with Crippen molar-refractivity contribution < 1.29 is 23.8 Å². The van der Waals surface area contributed by atoms with Crippen molar-refractivity contribution >= 4 is 23.0 Å². The summed E-state index contributed by atoms with van der Waals surface area (Å²) in [6.07, 6.45) is 5.51.